The van der Waals surface area contributed by atoms with Crippen LogP contribution < -0.4 is 10.3 Å². The molecular weight excluding hydrogens is 348 g/mol. The first-order chi connectivity index (χ1) is 12.6. The van der Waals surface area contributed by atoms with Crippen molar-refractivity contribution in [2.24, 2.45) is 0 Å². The number of methoxy groups -OCH3 is 1. The van der Waals surface area contributed by atoms with E-state index < -0.39 is 0 Å². The summed E-state index contributed by atoms with van der Waals surface area (Å²) in [7, 11) is 1.64. The number of fused-ring (bicyclic) bond motifs is 2. The van der Waals surface area contributed by atoms with Crippen LogP contribution in [0.1, 0.15) is 11.5 Å². The summed E-state index contributed by atoms with van der Waals surface area (Å²) >= 11 is 1.44. The smallest absolute Gasteiger partial charge is 0.258 e. The van der Waals surface area contributed by atoms with Gasteiger partial charge < -0.3 is 9.72 Å². The van der Waals surface area contributed by atoms with Crippen molar-refractivity contribution in [2.75, 3.05) is 7.11 Å². The maximum Gasteiger partial charge on any atom is 0.258 e. The maximum atomic E-state index is 12.2. The number of para-hydroxylation sites is 1. The largest absolute Gasteiger partial charge is 0.497 e. The van der Waals surface area contributed by atoms with Gasteiger partial charge >= 0.3 is 0 Å². The SMILES string of the molecule is COc1ccc2nc(SCc3nc4ccccc4c(=O)[nH]3)nc(C)c2c1. The molecule has 2 aromatic carbocycles. The fraction of sp³-hybridized carbons (Fsp3) is 0.158. The first-order valence-electron chi connectivity index (χ1n) is 8.07. The van der Waals surface area contributed by atoms with Gasteiger partial charge in [0.1, 0.15) is 11.6 Å². The highest BCUT2D eigenvalue weighted by Crippen LogP contribution is 2.25. The number of hydrogen-bond acceptors (Lipinski definition) is 6. The summed E-state index contributed by atoms with van der Waals surface area (Å²) in [4.78, 5) is 28.6. The second-order valence-corrected chi connectivity index (χ2v) is 6.74. The number of aryl methyl sites for hydroxylation is 1. The standard InChI is InChI=1S/C19H16N4O2S/c1-11-14-9-12(25-2)7-8-16(14)22-19(20-11)26-10-17-21-15-6-4-3-5-13(15)18(24)23-17/h3-9H,10H2,1-2H3,(H,21,23,24). The molecule has 0 radical (unpaired) electrons. The van der Waals surface area contributed by atoms with Gasteiger partial charge in [-0.1, -0.05) is 23.9 Å². The van der Waals surface area contributed by atoms with Crippen LogP contribution in [-0.4, -0.2) is 27.0 Å². The number of hydrogen-bond donors (Lipinski definition) is 1. The van der Waals surface area contributed by atoms with Gasteiger partial charge in [-0.2, -0.15) is 0 Å². The van der Waals surface area contributed by atoms with Gasteiger partial charge in [0, 0.05) is 11.1 Å². The van der Waals surface area contributed by atoms with E-state index in [1.54, 1.807) is 13.2 Å². The maximum absolute atomic E-state index is 12.2. The molecule has 1 N–H and O–H groups in total. The lowest BCUT2D eigenvalue weighted by molar-refractivity contribution is 0.415. The van der Waals surface area contributed by atoms with E-state index in [1.807, 2.05) is 43.3 Å². The molecule has 0 unspecified atom stereocenters. The van der Waals surface area contributed by atoms with Crippen LogP contribution in [0.3, 0.4) is 0 Å². The Morgan fingerprint density at radius 1 is 1.04 bits per heavy atom. The van der Waals surface area contributed by atoms with Crippen LogP contribution in [0.2, 0.25) is 0 Å². The first kappa shape index (κ1) is 16.5. The lowest BCUT2D eigenvalue weighted by Crippen LogP contribution is -2.11. The first-order valence-corrected chi connectivity index (χ1v) is 9.06. The number of aromatic nitrogens is 4. The van der Waals surface area contributed by atoms with Gasteiger partial charge in [-0.25, -0.2) is 15.0 Å². The van der Waals surface area contributed by atoms with Gasteiger partial charge in [-0.3, -0.25) is 4.79 Å². The summed E-state index contributed by atoms with van der Waals surface area (Å²) < 4.78 is 5.26. The molecule has 4 rings (SSSR count). The lowest BCUT2D eigenvalue weighted by Gasteiger charge is -2.07. The van der Waals surface area contributed by atoms with Crippen molar-refractivity contribution < 1.29 is 4.74 Å². The van der Waals surface area contributed by atoms with Gasteiger partial charge in [-0.15, -0.1) is 0 Å². The Morgan fingerprint density at radius 3 is 2.69 bits per heavy atom. The van der Waals surface area contributed by atoms with E-state index in [-0.39, 0.29) is 5.56 Å². The summed E-state index contributed by atoms with van der Waals surface area (Å²) in [5, 5.41) is 2.20. The molecule has 0 aliphatic heterocycles. The molecule has 0 aliphatic rings. The molecule has 0 bridgehead atoms. The molecular formula is C19H16N4O2S. The van der Waals surface area contributed by atoms with Crippen molar-refractivity contribution >= 4 is 33.6 Å². The average Bonchev–Trinajstić information content (AvgIpc) is 2.66. The summed E-state index contributed by atoms with van der Waals surface area (Å²) in [6, 6.07) is 13.0. The molecule has 4 aromatic rings. The second kappa shape index (κ2) is 6.76. The van der Waals surface area contributed by atoms with Crippen molar-refractivity contribution in [3.8, 4) is 5.75 Å². The molecule has 130 valence electrons. The van der Waals surface area contributed by atoms with Crippen molar-refractivity contribution in [3.05, 3.63) is 64.3 Å². The molecule has 0 saturated heterocycles. The monoisotopic (exact) mass is 364 g/mol. The van der Waals surface area contributed by atoms with E-state index >= 15 is 0 Å². The third kappa shape index (κ3) is 3.13. The summed E-state index contributed by atoms with van der Waals surface area (Å²) in [6.45, 7) is 1.95. The van der Waals surface area contributed by atoms with E-state index in [0.717, 1.165) is 22.3 Å². The van der Waals surface area contributed by atoms with E-state index in [9.17, 15) is 4.79 Å². The second-order valence-electron chi connectivity index (χ2n) is 5.79. The highest BCUT2D eigenvalue weighted by Gasteiger charge is 2.09. The Kier molecular flexibility index (Phi) is 4.30. The number of aromatic amines is 1. The minimum atomic E-state index is -0.131. The van der Waals surface area contributed by atoms with Crippen LogP contribution in [0.4, 0.5) is 0 Å². The third-order valence-corrected chi connectivity index (χ3v) is 4.93. The van der Waals surface area contributed by atoms with Crippen molar-refractivity contribution in [1.29, 1.82) is 0 Å². The van der Waals surface area contributed by atoms with Crippen molar-refractivity contribution in [2.45, 2.75) is 17.8 Å². The molecule has 0 saturated carbocycles. The van der Waals surface area contributed by atoms with Gasteiger partial charge in [0.25, 0.3) is 5.56 Å². The molecule has 0 aliphatic carbocycles. The van der Waals surface area contributed by atoms with Crippen LogP contribution in [-0.2, 0) is 5.75 Å². The van der Waals surface area contributed by atoms with Gasteiger partial charge in [-0.05, 0) is 37.3 Å². The Labute approximate surface area is 153 Å². The quantitative estimate of drug-likeness (QED) is 0.441. The van der Waals surface area contributed by atoms with E-state index in [2.05, 4.69) is 19.9 Å². The molecule has 2 aromatic heterocycles. The Balaban J connectivity index is 1.63. The van der Waals surface area contributed by atoms with Gasteiger partial charge in [0.2, 0.25) is 0 Å². The van der Waals surface area contributed by atoms with E-state index in [4.69, 9.17) is 4.74 Å². The molecule has 6 nitrogen and oxygen atoms in total. The molecule has 26 heavy (non-hydrogen) atoms. The Morgan fingerprint density at radius 2 is 1.85 bits per heavy atom. The summed E-state index contributed by atoms with van der Waals surface area (Å²) in [6.07, 6.45) is 0. The molecule has 7 heteroatoms. The van der Waals surface area contributed by atoms with Crippen LogP contribution in [0.15, 0.2) is 52.4 Å². The molecule has 0 fully saturated rings. The zero-order valence-electron chi connectivity index (χ0n) is 14.3. The molecule has 0 atom stereocenters. The van der Waals surface area contributed by atoms with Crippen LogP contribution >= 0.6 is 11.8 Å². The summed E-state index contributed by atoms with van der Waals surface area (Å²) in [5.74, 6) is 1.87. The third-order valence-electron chi connectivity index (χ3n) is 4.07. The van der Waals surface area contributed by atoms with E-state index in [1.165, 1.54) is 11.8 Å². The lowest BCUT2D eigenvalue weighted by atomic mass is 10.2. The fourth-order valence-corrected chi connectivity index (χ4v) is 3.53. The molecule has 0 amide bonds. The van der Waals surface area contributed by atoms with Crippen molar-refractivity contribution in [1.82, 2.24) is 19.9 Å². The Hall–Kier alpha value is -2.93. The number of nitrogens with one attached hydrogen (secondary N) is 1. The predicted molar refractivity (Wildman–Crippen MR) is 103 cm³/mol. The number of H-pyrrole nitrogens is 1. The van der Waals surface area contributed by atoms with Crippen molar-refractivity contribution in [3.63, 3.8) is 0 Å². The van der Waals surface area contributed by atoms with Crippen LogP contribution in [0.25, 0.3) is 21.8 Å². The minimum absolute atomic E-state index is 0.131. The zero-order chi connectivity index (χ0) is 18.1. The topological polar surface area (TPSA) is 80.8 Å². The van der Waals surface area contributed by atoms with E-state index in [0.29, 0.717) is 27.6 Å². The highest BCUT2D eigenvalue weighted by molar-refractivity contribution is 7.98. The number of rotatable bonds is 4. The normalized spacial score (nSPS) is 11.2. The molecule has 0 spiro atoms. The average molecular weight is 364 g/mol. The zero-order valence-corrected chi connectivity index (χ0v) is 15.1. The minimum Gasteiger partial charge on any atom is -0.497 e. The number of benzene rings is 2. The highest BCUT2D eigenvalue weighted by atomic mass is 32.2. The Bertz CT molecular complexity index is 1170. The number of nitrogens with zero attached hydrogens (tertiary/aromatic N) is 3. The summed E-state index contributed by atoms with van der Waals surface area (Å²) in [5.41, 5.74) is 2.31. The molecule has 2 heterocycles. The van der Waals surface area contributed by atoms with Crippen LogP contribution in [0, 0.1) is 6.92 Å². The van der Waals surface area contributed by atoms with Crippen LogP contribution in [0.5, 0.6) is 5.75 Å². The predicted octanol–water partition coefficient (Wildman–Crippen LogP) is 3.48. The fourth-order valence-electron chi connectivity index (χ4n) is 2.76. The number of ether oxygens (including phenoxy) is 1. The van der Waals surface area contributed by atoms with Gasteiger partial charge in [0.05, 0.1) is 29.3 Å². The van der Waals surface area contributed by atoms with Gasteiger partial charge in [0.15, 0.2) is 5.16 Å². The number of thioether (sulfide) groups is 1.